The molecule has 5 fully saturated rings. The SMILES string of the molecule is C=CCNC(=O)C(=O)C(CCC)NC(=O)[C@@H]1[C@H]2CCC3(CC3)[C@H]2CN1C(=O)[C@@H](NC(=O)NC1(CS(=O)(=O)C(C)(C)C)CCCCC1)C1CCCCC1. The number of ketones is 1. The number of hydrogen-bond donors (Lipinski definition) is 4. The van der Waals surface area contributed by atoms with Gasteiger partial charge in [0, 0.05) is 13.1 Å². The van der Waals surface area contributed by atoms with E-state index in [4.69, 9.17) is 0 Å². The van der Waals surface area contributed by atoms with Crippen molar-refractivity contribution in [2.75, 3.05) is 18.8 Å². The molecule has 0 radical (unpaired) electrons. The largest absolute Gasteiger partial charge is 0.346 e. The van der Waals surface area contributed by atoms with Crippen LogP contribution in [0.3, 0.4) is 0 Å². The fourth-order valence-electron chi connectivity index (χ4n) is 9.69. The van der Waals surface area contributed by atoms with Gasteiger partial charge >= 0.3 is 6.03 Å². The predicted octanol–water partition coefficient (Wildman–Crippen LogP) is 4.32. The maximum absolute atomic E-state index is 14.9. The van der Waals surface area contributed by atoms with Crippen LogP contribution in [0.1, 0.15) is 130 Å². The summed E-state index contributed by atoms with van der Waals surface area (Å²) in [5.41, 5.74) is -0.808. The molecule has 13 heteroatoms. The summed E-state index contributed by atoms with van der Waals surface area (Å²) in [7, 11) is -3.56. The third kappa shape index (κ3) is 8.70. The average molecular weight is 746 g/mol. The molecule has 1 unspecified atom stereocenters. The third-order valence-corrected chi connectivity index (χ3v) is 15.8. The molecule has 4 N–H and O–H groups in total. The smallest absolute Gasteiger partial charge is 0.315 e. The zero-order valence-electron chi connectivity index (χ0n) is 31.9. The molecule has 0 aromatic heterocycles. The molecule has 4 aliphatic carbocycles. The lowest BCUT2D eigenvalue weighted by Crippen LogP contribution is -2.63. The standard InChI is InChI=1S/C39H63N5O7S/c1-6-14-29(32(45)34(47)40-23-7-2)41-33(46)31-27-17-20-38(21-22-38)28(27)24-44(31)35(48)30(26-15-10-8-11-16-26)42-36(49)43-39(18-12-9-13-19-39)25-52(50,51)37(3,4)5/h7,26-31H,2,6,8-25H2,1,3-5H3,(H,40,47)(H,41,46)(H2,42,43,49)/t27-,28-,29?,30-,31-/m0/s1. The summed E-state index contributed by atoms with van der Waals surface area (Å²) in [5.74, 6) is -2.45. The molecular formula is C39H63N5O7S. The average Bonchev–Trinajstić information content (AvgIpc) is 3.67. The van der Waals surface area contributed by atoms with Crippen molar-refractivity contribution in [1.29, 1.82) is 0 Å². The van der Waals surface area contributed by atoms with E-state index in [2.05, 4.69) is 27.8 Å². The van der Waals surface area contributed by atoms with Crippen LogP contribution in [0.15, 0.2) is 12.7 Å². The highest BCUT2D eigenvalue weighted by molar-refractivity contribution is 7.92. The van der Waals surface area contributed by atoms with Crippen LogP contribution in [-0.2, 0) is 29.0 Å². The number of nitrogens with zero attached hydrogens (tertiary/aromatic N) is 1. The van der Waals surface area contributed by atoms with Gasteiger partial charge in [-0.1, -0.05) is 57.9 Å². The molecule has 4 saturated carbocycles. The summed E-state index contributed by atoms with van der Waals surface area (Å²) in [6.45, 7) is 11.0. The van der Waals surface area contributed by atoms with E-state index in [1.54, 1.807) is 25.7 Å². The molecule has 5 atom stereocenters. The second-order valence-electron chi connectivity index (χ2n) is 17.5. The molecule has 52 heavy (non-hydrogen) atoms. The van der Waals surface area contributed by atoms with Crippen molar-refractivity contribution in [1.82, 2.24) is 26.2 Å². The van der Waals surface area contributed by atoms with E-state index in [1.807, 2.05) is 6.92 Å². The zero-order chi connectivity index (χ0) is 37.9. The minimum atomic E-state index is -3.56. The van der Waals surface area contributed by atoms with Crippen LogP contribution in [0.5, 0.6) is 0 Å². The first-order chi connectivity index (χ1) is 24.6. The van der Waals surface area contributed by atoms with Crippen LogP contribution in [0.25, 0.3) is 0 Å². The Morgan fingerprint density at radius 2 is 1.56 bits per heavy atom. The first kappa shape index (κ1) is 40.2. The van der Waals surface area contributed by atoms with E-state index >= 15 is 0 Å². The van der Waals surface area contributed by atoms with Gasteiger partial charge < -0.3 is 26.2 Å². The second kappa shape index (κ2) is 16.2. The van der Waals surface area contributed by atoms with Gasteiger partial charge in [0.1, 0.15) is 12.1 Å². The summed E-state index contributed by atoms with van der Waals surface area (Å²) in [6, 6.07) is -3.28. The van der Waals surface area contributed by atoms with Gasteiger partial charge in [0.2, 0.25) is 17.6 Å². The number of carbonyl (C=O) groups is 5. The van der Waals surface area contributed by atoms with E-state index in [9.17, 15) is 32.4 Å². The van der Waals surface area contributed by atoms with E-state index in [0.717, 1.165) is 77.0 Å². The highest BCUT2D eigenvalue weighted by atomic mass is 32.2. The number of urea groups is 1. The Balaban J connectivity index is 1.40. The Morgan fingerprint density at radius 3 is 2.15 bits per heavy atom. The number of fused-ring (bicyclic) bond motifs is 2. The maximum Gasteiger partial charge on any atom is 0.315 e. The fourth-order valence-corrected chi connectivity index (χ4v) is 11.2. The Kier molecular flexibility index (Phi) is 12.5. The molecule has 1 aliphatic heterocycles. The van der Waals surface area contributed by atoms with Crippen LogP contribution >= 0.6 is 0 Å². The highest BCUT2D eigenvalue weighted by Crippen LogP contribution is 2.66. The molecule has 5 rings (SSSR count). The summed E-state index contributed by atoms with van der Waals surface area (Å²) < 4.78 is 25.9. The molecule has 12 nitrogen and oxygen atoms in total. The van der Waals surface area contributed by atoms with E-state index in [1.165, 1.54) is 6.08 Å². The first-order valence-electron chi connectivity index (χ1n) is 19.9. The quantitative estimate of drug-likeness (QED) is 0.152. The number of amides is 5. The van der Waals surface area contributed by atoms with Crippen molar-refractivity contribution in [3.8, 4) is 0 Å². The fraction of sp³-hybridized carbons (Fsp3) is 0.821. The van der Waals surface area contributed by atoms with Crippen molar-refractivity contribution >= 4 is 39.4 Å². The number of likely N-dealkylation sites (tertiary alicyclic amines) is 1. The van der Waals surface area contributed by atoms with Crippen LogP contribution in [0.2, 0.25) is 0 Å². The van der Waals surface area contributed by atoms with Crippen molar-refractivity contribution in [3.63, 3.8) is 0 Å². The molecule has 292 valence electrons. The first-order valence-corrected chi connectivity index (χ1v) is 21.6. The van der Waals surface area contributed by atoms with Gasteiger partial charge in [0.05, 0.1) is 22.1 Å². The van der Waals surface area contributed by atoms with Gasteiger partial charge in [-0.2, -0.15) is 0 Å². The predicted molar refractivity (Wildman–Crippen MR) is 200 cm³/mol. The number of carbonyl (C=O) groups excluding carboxylic acids is 5. The summed E-state index contributed by atoms with van der Waals surface area (Å²) in [6.07, 6.45) is 14.3. The molecular weight excluding hydrogens is 683 g/mol. The zero-order valence-corrected chi connectivity index (χ0v) is 32.7. The lowest BCUT2D eigenvalue weighted by atomic mass is 9.82. The minimum Gasteiger partial charge on any atom is -0.346 e. The summed E-state index contributed by atoms with van der Waals surface area (Å²) in [5, 5.41) is 11.5. The molecule has 1 spiro atoms. The number of nitrogens with one attached hydrogen (secondary N) is 4. The van der Waals surface area contributed by atoms with Gasteiger partial charge in [-0.15, -0.1) is 6.58 Å². The number of hydrogen-bond acceptors (Lipinski definition) is 7. The molecule has 1 heterocycles. The normalized spacial score (nSPS) is 26.5. The molecule has 5 amide bonds. The Morgan fingerprint density at radius 1 is 0.904 bits per heavy atom. The lowest BCUT2D eigenvalue weighted by Gasteiger charge is -2.41. The monoisotopic (exact) mass is 745 g/mol. The van der Waals surface area contributed by atoms with Crippen molar-refractivity contribution in [3.05, 3.63) is 12.7 Å². The number of Topliss-reactive ketones (excluding diaryl/α,β-unsaturated/α-hetero) is 1. The summed E-state index contributed by atoms with van der Waals surface area (Å²) in [4.78, 5) is 70.8. The second-order valence-corrected chi connectivity index (χ2v) is 20.2. The van der Waals surface area contributed by atoms with Crippen LogP contribution < -0.4 is 21.3 Å². The highest BCUT2D eigenvalue weighted by Gasteiger charge is 2.64. The van der Waals surface area contributed by atoms with E-state index in [-0.39, 0.29) is 47.8 Å². The number of rotatable bonds is 14. The Labute approximate surface area is 310 Å². The van der Waals surface area contributed by atoms with Crippen molar-refractivity contribution < 1.29 is 32.4 Å². The molecule has 0 bridgehead atoms. The van der Waals surface area contributed by atoms with Gasteiger partial charge in [-0.05, 0) is 102 Å². The third-order valence-electron chi connectivity index (χ3n) is 13.0. The van der Waals surface area contributed by atoms with Crippen LogP contribution in [-0.4, -0.2) is 90.1 Å². The molecule has 1 saturated heterocycles. The van der Waals surface area contributed by atoms with Gasteiger partial charge in [0.25, 0.3) is 5.91 Å². The molecule has 0 aromatic carbocycles. The Bertz CT molecular complexity index is 1470. The van der Waals surface area contributed by atoms with E-state index in [0.29, 0.717) is 25.8 Å². The minimum absolute atomic E-state index is 0.0765. The van der Waals surface area contributed by atoms with Crippen molar-refractivity contribution in [2.24, 2.45) is 23.2 Å². The van der Waals surface area contributed by atoms with Gasteiger partial charge in [0.15, 0.2) is 9.84 Å². The van der Waals surface area contributed by atoms with Gasteiger partial charge in [-0.25, -0.2) is 13.2 Å². The summed E-state index contributed by atoms with van der Waals surface area (Å²) >= 11 is 0. The van der Waals surface area contributed by atoms with Gasteiger partial charge in [-0.3, -0.25) is 19.2 Å². The molecule has 0 aromatic rings. The maximum atomic E-state index is 14.9. The van der Waals surface area contributed by atoms with Crippen molar-refractivity contribution in [2.45, 2.75) is 159 Å². The topological polar surface area (TPSA) is 171 Å². The molecule has 5 aliphatic rings. The lowest BCUT2D eigenvalue weighted by molar-refractivity contribution is -0.144. The Hall–Kier alpha value is -2.96. The van der Waals surface area contributed by atoms with Crippen LogP contribution in [0, 0.1) is 23.2 Å². The number of sulfone groups is 1. The van der Waals surface area contributed by atoms with E-state index < -0.39 is 61.9 Å². The van der Waals surface area contributed by atoms with Crippen LogP contribution in [0.4, 0.5) is 4.79 Å².